The quantitative estimate of drug-likeness (QED) is 0.656. The molecule has 92 valence electrons. The van der Waals surface area contributed by atoms with E-state index in [4.69, 9.17) is 0 Å². The van der Waals surface area contributed by atoms with E-state index in [9.17, 15) is 0 Å². The van der Waals surface area contributed by atoms with E-state index in [1.165, 1.54) is 25.8 Å². The van der Waals surface area contributed by atoms with Gasteiger partial charge in [-0.05, 0) is 32.5 Å². The summed E-state index contributed by atoms with van der Waals surface area (Å²) in [7, 11) is 4.29. The molecule has 2 heteroatoms. The highest BCUT2D eigenvalue weighted by atomic mass is 15.1. The topological polar surface area (TPSA) is 15.3 Å². The van der Waals surface area contributed by atoms with E-state index in [2.05, 4.69) is 52.0 Å². The first-order chi connectivity index (χ1) is 6.91. The predicted molar refractivity (Wildman–Crippen MR) is 69.3 cm³/mol. The van der Waals surface area contributed by atoms with Crippen LogP contribution in [0.4, 0.5) is 0 Å². The van der Waals surface area contributed by atoms with Gasteiger partial charge >= 0.3 is 0 Å². The fraction of sp³-hybridized carbons (Fsp3) is 1.00. The highest BCUT2D eigenvalue weighted by Crippen LogP contribution is 2.19. The Balaban J connectivity index is 3.86. The summed E-state index contributed by atoms with van der Waals surface area (Å²) < 4.78 is 0. The summed E-state index contributed by atoms with van der Waals surface area (Å²) in [4.78, 5) is 2.45. The van der Waals surface area contributed by atoms with Crippen LogP contribution in [0, 0.1) is 5.41 Å². The summed E-state index contributed by atoms with van der Waals surface area (Å²) >= 11 is 0. The molecule has 0 aliphatic heterocycles. The van der Waals surface area contributed by atoms with Crippen molar-refractivity contribution in [2.45, 2.75) is 53.0 Å². The third-order valence-corrected chi connectivity index (χ3v) is 3.03. The van der Waals surface area contributed by atoms with Crippen molar-refractivity contribution in [1.29, 1.82) is 0 Å². The van der Waals surface area contributed by atoms with Crippen molar-refractivity contribution in [3.05, 3.63) is 0 Å². The standard InChI is InChI=1S/C13H30N2/c1-7-8-9-10-15(6)11-12(14-5)13(2,3)4/h12,14H,7-11H2,1-6H3. The molecule has 0 aliphatic rings. The molecule has 2 nitrogen and oxygen atoms in total. The molecular weight excluding hydrogens is 184 g/mol. The van der Waals surface area contributed by atoms with Crippen LogP contribution in [0.25, 0.3) is 0 Å². The first-order valence-corrected chi connectivity index (χ1v) is 6.27. The van der Waals surface area contributed by atoms with Crippen LogP contribution >= 0.6 is 0 Å². The molecule has 0 aromatic rings. The van der Waals surface area contributed by atoms with Gasteiger partial charge in [0.25, 0.3) is 0 Å². The van der Waals surface area contributed by atoms with E-state index in [0.29, 0.717) is 11.5 Å². The summed E-state index contributed by atoms with van der Waals surface area (Å²) in [5.74, 6) is 0. The Bertz CT molecular complexity index is 149. The van der Waals surface area contributed by atoms with Crippen molar-refractivity contribution in [1.82, 2.24) is 10.2 Å². The van der Waals surface area contributed by atoms with Gasteiger partial charge in [-0.15, -0.1) is 0 Å². The molecule has 0 aliphatic carbocycles. The van der Waals surface area contributed by atoms with E-state index in [0.717, 1.165) is 6.54 Å². The van der Waals surface area contributed by atoms with Gasteiger partial charge in [-0.2, -0.15) is 0 Å². The van der Waals surface area contributed by atoms with Gasteiger partial charge in [-0.25, -0.2) is 0 Å². The van der Waals surface area contributed by atoms with Gasteiger partial charge in [0.05, 0.1) is 0 Å². The van der Waals surface area contributed by atoms with Crippen LogP contribution in [-0.2, 0) is 0 Å². The fourth-order valence-electron chi connectivity index (χ4n) is 1.83. The second-order valence-electron chi connectivity index (χ2n) is 5.68. The molecule has 0 heterocycles. The van der Waals surface area contributed by atoms with E-state index in [-0.39, 0.29) is 0 Å². The first kappa shape index (κ1) is 14.9. The Labute approximate surface area is 96.4 Å². The Kier molecular flexibility index (Phi) is 7.20. The van der Waals surface area contributed by atoms with E-state index in [1.54, 1.807) is 0 Å². The Morgan fingerprint density at radius 3 is 2.20 bits per heavy atom. The van der Waals surface area contributed by atoms with Gasteiger partial charge in [0.15, 0.2) is 0 Å². The largest absolute Gasteiger partial charge is 0.315 e. The maximum Gasteiger partial charge on any atom is 0.0240 e. The summed E-state index contributed by atoms with van der Waals surface area (Å²) in [6, 6.07) is 0.573. The van der Waals surface area contributed by atoms with Crippen molar-refractivity contribution in [2.75, 3.05) is 27.2 Å². The van der Waals surface area contributed by atoms with Crippen molar-refractivity contribution < 1.29 is 0 Å². The number of nitrogens with zero attached hydrogens (tertiary/aromatic N) is 1. The predicted octanol–water partition coefficient (Wildman–Crippen LogP) is 2.74. The molecule has 0 amide bonds. The van der Waals surface area contributed by atoms with Crippen molar-refractivity contribution in [3.8, 4) is 0 Å². The molecule has 0 saturated heterocycles. The van der Waals surface area contributed by atoms with Gasteiger partial charge in [-0.3, -0.25) is 0 Å². The van der Waals surface area contributed by atoms with E-state index < -0.39 is 0 Å². The maximum absolute atomic E-state index is 3.42. The molecule has 0 rings (SSSR count). The molecule has 0 fully saturated rings. The third kappa shape index (κ3) is 6.91. The molecule has 1 atom stereocenters. The van der Waals surface area contributed by atoms with Crippen LogP contribution in [0.3, 0.4) is 0 Å². The number of rotatable bonds is 7. The number of likely N-dealkylation sites (N-methyl/N-ethyl adjacent to an activating group) is 2. The fourth-order valence-corrected chi connectivity index (χ4v) is 1.83. The van der Waals surface area contributed by atoms with Crippen LogP contribution in [0.2, 0.25) is 0 Å². The minimum atomic E-state index is 0.341. The average molecular weight is 214 g/mol. The lowest BCUT2D eigenvalue weighted by Crippen LogP contribution is -2.46. The van der Waals surface area contributed by atoms with Gasteiger partial charge < -0.3 is 10.2 Å². The molecule has 0 spiro atoms. The van der Waals surface area contributed by atoms with Gasteiger partial charge in [0.2, 0.25) is 0 Å². The lowest BCUT2D eigenvalue weighted by Gasteiger charge is -2.33. The SMILES string of the molecule is CCCCCN(C)CC(NC)C(C)(C)C. The highest BCUT2D eigenvalue weighted by Gasteiger charge is 2.23. The summed E-state index contributed by atoms with van der Waals surface area (Å²) in [5.41, 5.74) is 0.341. The molecule has 0 radical (unpaired) electrons. The van der Waals surface area contributed by atoms with E-state index in [1.807, 2.05) is 0 Å². The molecule has 0 aromatic carbocycles. The van der Waals surface area contributed by atoms with Crippen LogP contribution in [0.15, 0.2) is 0 Å². The highest BCUT2D eigenvalue weighted by molar-refractivity contribution is 4.81. The van der Waals surface area contributed by atoms with Crippen LogP contribution in [0.1, 0.15) is 47.0 Å². The lowest BCUT2D eigenvalue weighted by atomic mass is 9.86. The zero-order valence-electron chi connectivity index (χ0n) is 11.6. The van der Waals surface area contributed by atoms with Gasteiger partial charge in [-0.1, -0.05) is 40.5 Å². The second kappa shape index (κ2) is 7.24. The molecule has 0 bridgehead atoms. The Hall–Kier alpha value is -0.0800. The minimum Gasteiger partial charge on any atom is -0.315 e. The van der Waals surface area contributed by atoms with E-state index >= 15 is 0 Å². The average Bonchev–Trinajstić information content (AvgIpc) is 2.12. The van der Waals surface area contributed by atoms with Gasteiger partial charge in [0, 0.05) is 12.6 Å². The summed E-state index contributed by atoms with van der Waals surface area (Å²) in [5, 5.41) is 3.42. The van der Waals surface area contributed by atoms with Crippen LogP contribution in [-0.4, -0.2) is 38.1 Å². The van der Waals surface area contributed by atoms with Crippen LogP contribution < -0.4 is 5.32 Å². The van der Waals surface area contributed by atoms with Crippen LogP contribution in [0.5, 0.6) is 0 Å². The zero-order chi connectivity index (χ0) is 11.9. The lowest BCUT2D eigenvalue weighted by molar-refractivity contribution is 0.200. The molecule has 0 saturated carbocycles. The third-order valence-electron chi connectivity index (χ3n) is 3.03. The molecule has 1 unspecified atom stereocenters. The maximum atomic E-state index is 3.42. The monoisotopic (exact) mass is 214 g/mol. The van der Waals surface area contributed by atoms with Crippen molar-refractivity contribution in [2.24, 2.45) is 5.41 Å². The summed E-state index contributed by atoms with van der Waals surface area (Å²) in [6.45, 7) is 11.5. The smallest absolute Gasteiger partial charge is 0.0240 e. The van der Waals surface area contributed by atoms with Crippen molar-refractivity contribution >= 4 is 0 Å². The minimum absolute atomic E-state index is 0.341. The Morgan fingerprint density at radius 2 is 1.80 bits per heavy atom. The van der Waals surface area contributed by atoms with Crippen molar-refractivity contribution in [3.63, 3.8) is 0 Å². The molecule has 0 aromatic heterocycles. The molecule has 15 heavy (non-hydrogen) atoms. The molecule has 1 N–H and O–H groups in total. The molecular formula is C13H30N2. The number of hydrogen-bond acceptors (Lipinski definition) is 2. The normalized spacial score (nSPS) is 14.6. The number of unbranched alkanes of at least 4 members (excludes halogenated alkanes) is 2. The Morgan fingerprint density at radius 1 is 1.20 bits per heavy atom. The van der Waals surface area contributed by atoms with Gasteiger partial charge in [0.1, 0.15) is 0 Å². The summed E-state index contributed by atoms with van der Waals surface area (Å²) in [6.07, 6.45) is 3.99. The first-order valence-electron chi connectivity index (χ1n) is 6.27. The number of hydrogen-bond donors (Lipinski definition) is 1. The zero-order valence-corrected chi connectivity index (χ0v) is 11.6. The number of nitrogens with one attached hydrogen (secondary N) is 1. The second-order valence-corrected chi connectivity index (χ2v) is 5.68.